The Bertz CT molecular complexity index is 687. The SMILES string of the molecule is CC(Cl)c1nc2cc(F)c(Cl)cc2n1CCC(C)S(C)=O. The molecule has 0 aliphatic heterocycles. The van der Waals surface area contributed by atoms with E-state index in [2.05, 4.69) is 4.98 Å². The maximum Gasteiger partial charge on any atom is 0.144 e. The highest BCUT2D eigenvalue weighted by Gasteiger charge is 2.18. The van der Waals surface area contributed by atoms with Crippen LogP contribution in [0.1, 0.15) is 31.5 Å². The van der Waals surface area contributed by atoms with Gasteiger partial charge in [-0.05, 0) is 19.4 Å². The second-order valence-corrected chi connectivity index (χ2v) is 7.95. The smallest absolute Gasteiger partial charge is 0.144 e. The molecule has 0 fully saturated rings. The zero-order chi connectivity index (χ0) is 15.7. The summed E-state index contributed by atoms with van der Waals surface area (Å²) in [5, 5.41) is -0.178. The van der Waals surface area contributed by atoms with Crippen molar-refractivity contribution in [1.29, 1.82) is 0 Å². The van der Waals surface area contributed by atoms with Gasteiger partial charge < -0.3 is 4.57 Å². The summed E-state index contributed by atoms with van der Waals surface area (Å²) in [5.74, 6) is 0.174. The van der Waals surface area contributed by atoms with Crippen molar-refractivity contribution in [2.24, 2.45) is 0 Å². The third-order valence-corrected chi connectivity index (χ3v) is 5.36. The molecule has 0 amide bonds. The molecule has 0 aliphatic rings. The number of hydrogen-bond donors (Lipinski definition) is 0. The summed E-state index contributed by atoms with van der Waals surface area (Å²) in [6.45, 7) is 4.37. The summed E-state index contributed by atoms with van der Waals surface area (Å²) in [4.78, 5) is 4.39. The number of aromatic nitrogens is 2. The van der Waals surface area contributed by atoms with Crippen LogP contribution in [-0.2, 0) is 17.3 Å². The van der Waals surface area contributed by atoms with Gasteiger partial charge in [-0.2, -0.15) is 0 Å². The lowest BCUT2D eigenvalue weighted by Gasteiger charge is -2.13. The van der Waals surface area contributed by atoms with E-state index in [4.69, 9.17) is 23.2 Å². The largest absolute Gasteiger partial charge is 0.327 e. The fourth-order valence-electron chi connectivity index (χ4n) is 2.15. The second kappa shape index (κ2) is 6.63. The normalized spacial score (nSPS) is 16.1. The van der Waals surface area contributed by atoms with E-state index in [1.165, 1.54) is 6.07 Å². The molecule has 3 atom stereocenters. The van der Waals surface area contributed by atoms with Crippen molar-refractivity contribution in [3.05, 3.63) is 28.8 Å². The molecule has 3 unspecified atom stereocenters. The van der Waals surface area contributed by atoms with Crippen molar-refractivity contribution in [3.8, 4) is 0 Å². The minimum Gasteiger partial charge on any atom is -0.327 e. The van der Waals surface area contributed by atoms with Gasteiger partial charge in [0.1, 0.15) is 11.6 Å². The molecule has 0 saturated carbocycles. The van der Waals surface area contributed by atoms with E-state index in [1.54, 1.807) is 12.3 Å². The van der Waals surface area contributed by atoms with Crippen molar-refractivity contribution >= 4 is 45.0 Å². The highest BCUT2D eigenvalue weighted by atomic mass is 35.5. The molecule has 7 heteroatoms. The number of nitrogens with zero attached hydrogens (tertiary/aromatic N) is 2. The Hall–Kier alpha value is -0.650. The van der Waals surface area contributed by atoms with Gasteiger partial charge in [-0.15, -0.1) is 11.6 Å². The van der Waals surface area contributed by atoms with Gasteiger partial charge in [0, 0.05) is 34.9 Å². The van der Waals surface area contributed by atoms with Crippen LogP contribution >= 0.6 is 23.2 Å². The first-order valence-corrected chi connectivity index (χ1v) is 9.06. The molecule has 0 aliphatic carbocycles. The zero-order valence-corrected chi connectivity index (χ0v) is 14.4. The Kier molecular flexibility index (Phi) is 5.28. The van der Waals surface area contributed by atoms with Crippen LogP contribution in [0.4, 0.5) is 4.39 Å². The standard InChI is InChI=1S/C14H17Cl2FN2OS/c1-8(21(3)20)4-5-19-13-6-10(16)11(17)7-12(13)18-14(19)9(2)15/h6-9H,4-5H2,1-3H3. The third kappa shape index (κ3) is 3.58. The van der Waals surface area contributed by atoms with Crippen LogP contribution in [-0.4, -0.2) is 25.3 Å². The summed E-state index contributed by atoms with van der Waals surface area (Å²) in [6.07, 6.45) is 2.41. The maximum atomic E-state index is 13.6. The molecule has 1 aromatic carbocycles. The highest BCUT2D eigenvalue weighted by Crippen LogP contribution is 2.28. The lowest BCUT2D eigenvalue weighted by Crippen LogP contribution is -2.14. The molecular formula is C14H17Cl2FN2OS. The van der Waals surface area contributed by atoms with E-state index in [0.29, 0.717) is 17.9 Å². The average molecular weight is 351 g/mol. The molecular weight excluding hydrogens is 334 g/mol. The Labute approximate surface area is 135 Å². The summed E-state index contributed by atoms with van der Waals surface area (Å²) in [5.41, 5.74) is 1.28. The maximum absolute atomic E-state index is 13.6. The number of aryl methyl sites for hydroxylation is 1. The topological polar surface area (TPSA) is 34.9 Å². The van der Waals surface area contributed by atoms with Crippen LogP contribution < -0.4 is 0 Å². The Morgan fingerprint density at radius 3 is 2.67 bits per heavy atom. The minimum atomic E-state index is -0.884. The second-order valence-electron chi connectivity index (χ2n) is 5.09. The molecule has 0 spiro atoms. The number of halogens is 3. The highest BCUT2D eigenvalue weighted by molar-refractivity contribution is 7.84. The van der Waals surface area contributed by atoms with Crippen LogP contribution in [0.25, 0.3) is 11.0 Å². The van der Waals surface area contributed by atoms with Crippen LogP contribution in [0.5, 0.6) is 0 Å². The Morgan fingerprint density at radius 2 is 2.10 bits per heavy atom. The third-order valence-electron chi connectivity index (χ3n) is 3.50. The van der Waals surface area contributed by atoms with Gasteiger partial charge in [-0.3, -0.25) is 4.21 Å². The van der Waals surface area contributed by atoms with Gasteiger partial charge in [0.15, 0.2) is 0 Å². The molecule has 0 saturated heterocycles. The summed E-state index contributed by atoms with van der Waals surface area (Å²) < 4.78 is 27.0. The van der Waals surface area contributed by atoms with E-state index < -0.39 is 16.6 Å². The van der Waals surface area contributed by atoms with Gasteiger partial charge in [0.05, 0.1) is 21.4 Å². The first-order chi connectivity index (χ1) is 9.81. The molecule has 2 aromatic rings. The number of benzene rings is 1. The first kappa shape index (κ1) is 16.7. The summed E-state index contributed by atoms with van der Waals surface area (Å²) in [6, 6.07) is 2.88. The van der Waals surface area contributed by atoms with E-state index in [0.717, 1.165) is 11.9 Å². The van der Waals surface area contributed by atoms with Crippen molar-refractivity contribution in [1.82, 2.24) is 9.55 Å². The number of alkyl halides is 1. The van der Waals surface area contributed by atoms with Crippen molar-refractivity contribution < 1.29 is 8.60 Å². The van der Waals surface area contributed by atoms with Crippen molar-refractivity contribution in [2.45, 2.75) is 37.4 Å². The van der Waals surface area contributed by atoms with Gasteiger partial charge in [0.2, 0.25) is 0 Å². The van der Waals surface area contributed by atoms with Crippen LogP contribution in [0.15, 0.2) is 12.1 Å². The molecule has 0 bridgehead atoms. The molecule has 0 N–H and O–H groups in total. The predicted octanol–water partition coefficient (Wildman–Crippen LogP) is 4.29. The van der Waals surface area contributed by atoms with E-state index in [1.807, 2.05) is 18.4 Å². The fourth-order valence-corrected chi connectivity index (χ4v) is 2.92. The number of imidazole rings is 1. The number of fused-ring (bicyclic) bond motifs is 1. The van der Waals surface area contributed by atoms with Gasteiger partial charge >= 0.3 is 0 Å². The number of rotatable bonds is 5. The molecule has 116 valence electrons. The van der Waals surface area contributed by atoms with Crippen molar-refractivity contribution in [2.75, 3.05) is 6.26 Å². The van der Waals surface area contributed by atoms with Crippen LogP contribution in [0.3, 0.4) is 0 Å². The first-order valence-electron chi connectivity index (χ1n) is 6.62. The predicted molar refractivity (Wildman–Crippen MR) is 87.1 cm³/mol. The molecule has 1 aromatic heterocycles. The molecule has 0 radical (unpaired) electrons. The van der Waals surface area contributed by atoms with Crippen molar-refractivity contribution in [3.63, 3.8) is 0 Å². The Balaban J connectivity index is 2.46. The monoisotopic (exact) mass is 350 g/mol. The summed E-state index contributed by atoms with van der Waals surface area (Å²) in [7, 11) is -0.884. The quantitative estimate of drug-likeness (QED) is 0.754. The van der Waals surface area contributed by atoms with E-state index in [-0.39, 0.29) is 15.6 Å². The van der Waals surface area contributed by atoms with Gasteiger partial charge in [-0.1, -0.05) is 18.5 Å². The molecule has 1 heterocycles. The average Bonchev–Trinajstić information content (AvgIpc) is 2.74. The summed E-state index contributed by atoms with van der Waals surface area (Å²) >= 11 is 12.0. The minimum absolute atomic E-state index is 0.0598. The number of hydrogen-bond acceptors (Lipinski definition) is 2. The fraction of sp³-hybridized carbons (Fsp3) is 0.500. The Morgan fingerprint density at radius 1 is 1.43 bits per heavy atom. The molecule has 2 rings (SSSR count). The van der Waals surface area contributed by atoms with Gasteiger partial charge in [0.25, 0.3) is 0 Å². The van der Waals surface area contributed by atoms with Crippen LogP contribution in [0, 0.1) is 5.82 Å². The van der Waals surface area contributed by atoms with Crippen LogP contribution in [0.2, 0.25) is 5.02 Å². The van der Waals surface area contributed by atoms with E-state index in [9.17, 15) is 8.60 Å². The molecule has 21 heavy (non-hydrogen) atoms. The van der Waals surface area contributed by atoms with Gasteiger partial charge in [-0.25, -0.2) is 9.37 Å². The molecule has 3 nitrogen and oxygen atoms in total. The zero-order valence-electron chi connectivity index (χ0n) is 12.1. The lowest BCUT2D eigenvalue weighted by molar-refractivity contribution is 0.608. The van der Waals surface area contributed by atoms with E-state index >= 15 is 0 Å². The lowest BCUT2D eigenvalue weighted by atomic mass is 10.3.